The molecule has 1 saturated carbocycles. The van der Waals surface area contributed by atoms with Gasteiger partial charge in [0.2, 0.25) is 11.8 Å². The Labute approximate surface area is 256 Å². The Kier molecular flexibility index (Phi) is 10.6. The number of aryl methyl sites for hydroxylation is 1. The van der Waals surface area contributed by atoms with Crippen LogP contribution in [0.15, 0.2) is 24.3 Å². The number of piperazine rings is 1. The van der Waals surface area contributed by atoms with E-state index in [9.17, 15) is 14.7 Å². The quantitative estimate of drug-likeness (QED) is 0.444. The van der Waals surface area contributed by atoms with Crippen LogP contribution in [0.1, 0.15) is 81.7 Å². The van der Waals surface area contributed by atoms with Crippen LogP contribution >= 0.6 is 12.4 Å². The van der Waals surface area contributed by atoms with Gasteiger partial charge in [0, 0.05) is 37.4 Å². The van der Waals surface area contributed by atoms with Gasteiger partial charge in [-0.1, -0.05) is 32.6 Å². The van der Waals surface area contributed by atoms with Crippen molar-refractivity contribution >= 4 is 24.2 Å². The van der Waals surface area contributed by atoms with Crippen molar-refractivity contribution in [3.05, 3.63) is 41.2 Å². The molecule has 0 radical (unpaired) electrons. The highest BCUT2D eigenvalue weighted by Crippen LogP contribution is 2.37. The van der Waals surface area contributed by atoms with Crippen molar-refractivity contribution in [1.82, 2.24) is 24.9 Å². The van der Waals surface area contributed by atoms with Crippen molar-refractivity contribution in [2.45, 2.75) is 103 Å². The van der Waals surface area contributed by atoms with Crippen LogP contribution in [0.2, 0.25) is 0 Å². The molecule has 2 N–H and O–H groups in total. The van der Waals surface area contributed by atoms with E-state index in [1.54, 1.807) is 7.11 Å². The van der Waals surface area contributed by atoms with Gasteiger partial charge in [-0.2, -0.15) is 5.10 Å². The number of nitrogens with zero attached hydrogens (tertiary/aromatic N) is 4. The number of piperidine rings is 1. The number of aliphatic hydroxyl groups is 1. The fourth-order valence-electron chi connectivity index (χ4n) is 7.14. The molecule has 42 heavy (non-hydrogen) atoms. The number of carbonyl (C=O) groups excluding carboxylic acids is 2. The Morgan fingerprint density at radius 1 is 1.10 bits per heavy atom. The van der Waals surface area contributed by atoms with Crippen molar-refractivity contribution in [1.29, 1.82) is 0 Å². The lowest BCUT2D eigenvalue weighted by Gasteiger charge is -2.52. The van der Waals surface area contributed by atoms with E-state index in [0.29, 0.717) is 32.5 Å². The number of halogens is 1. The molecule has 1 aromatic carbocycles. The summed E-state index contributed by atoms with van der Waals surface area (Å²) < 4.78 is 7.28. The zero-order valence-electron chi connectivity index (χ0n) is 25.6. The monoisotopic (exact) mass is 601 g/mol. The number of likely N-dealkylation sites (tertiary alicyclic amines) is 1. The fraction of sp³-hybridized carbons (Fsp3) is 0.656. The van der Waals surface area contributed by atoms with Gasteiger partial charge in [-0.05, 0) is 76.1 Å². The van der Waals surface area contributed by atoms with Gasteiger partial charge in [0.05, 0.1) is 24.6 Å². The van der Waals surface area contributed by atoms with Gasteiger partial charge >= 0.3 is 0 Å². The molecule has 2 atom stereocenters. The number of ether oxygens (including phenoxy) is 1. The first-order valence-electron chi connectivity index (χ1n) is 15.5. The molecule has 1 aliphatic carbocycles. The number of methoxy groups -OCH3 is 1. The van der Waals surface area contributed by atoms with Crippen LogP contribution in [0.4, 0.5) is 0 Å². The van der Waals surface area contributed by atoms with E-state index in [4.69, 9.17) is 9.84 Å². The molecule has 2 saturated heterocycles. The summed E-state index contributed by atoms with van der Waals surface area (Å²) in [7, 11) is 1.66. The third kappa shape index (κ3) is 6.19. The molecule has 0 bridgehead atoms. The molecule has 10 heteroatoms. The summed E-state index contributed by atoms with van der Waals surface area (Å²) in [6.45, 7) is 8.99. The molecule has 0 unspecified atom stereocenters. The Hall–Kier alpha value is -2.62. The Morgan fingerprint density at radius 3 is 2.38 bits per heavy atom. The van der Waals surface area contributed by atoms with E-state index in [-0.39, 0.29) is 30.1 Å². The maximum Gasteiger partial charge on any atom is 0.248 e. The Bertz CT molecular complexity index is 1220. The number of nitrogens with one attached hydrogen (secondary N) is 1. The molecule has 3 heterocycles. The number of rotatable bonds is 9. The summed E-state index contributed by atoms with van der Waals surface area (Å²) in [5.41, 5.74) is 3.43. The SMILES string of the molecule is CCCCN1C(=O)[C@@H]([C@H](O)C2CCCCC2)NC(=O)C12CCN(Cc1c(C)nn(-c3ccc(OC)cc3)c1C)CC2.Cl. The fourth-order valence-corrected chi connectivity index (χ4v) is 7.14. The van der Waals surface area contributed by atoms with E-state index in [2.05, 4.69) is 24.1 Å². The first-order valence-corrected chi connectivity index (χ1v) is 15.5. The molecular weight excluding hydrogens is 554 g/mol. The van der Waals surface area contributed by atoms with E-state index in [1.165, 1.54) is 12.0 Å². The smallest absolute Gasteiger partial charge is 0.248 e. The van der Waals surface area contributed by atoms with Crippen LogP contribution < -0.4 is 10.1 Å². The van der Waals surface area contributed by atoms with Gasteiger partial charge < -0.3 is 20.1 Å². The minimum absolute atomic E-state index is 0. The minimum atomic E-state index is -0.844. The Balaban J connectivity index is 0.00000405. The largest absolute Gasteiger partial charge is 0.497 e. The summed E-state index contributed by atoms with van der Waals surface area (Å²) in [6, 6.07) is 7.06. The molecule has 1 aromatic heterocycles. The number of hydrogen-bond donors (Lipinski definition) is 2. The van der Waals surface area contributed by atoms with Crippen LogP contribution in [0.5, 0.6) is 5.75 Å². The number of unbranched alkanes of at least 4 members (excludes halogenated alkanes) is 1. The average Bonchev–Trinajstić information content (AvgIpc) is 3.28. The first-order chi connectivity index (χ1) is 19.8. The third-order valence-corrected chi connectivity index (χ3v) is 9.79. The number of amides is 2. The van der Waals surface area contributed by atoms with Crippen LogP contribution in [0.3, 0.4) is 0 Å². The molecule has 2 aliphatic heterocycles. The average molecular weight is 602 g/mol. The highest BCUT2D eigenvalue weighted by molar-refractivity contribution is 6.00. The predicted octanol–water partition coefficient (Wildman–Crippen LogP) is 4.32. The molecule has 1 spiro atoms. The van der Waals surface area contributed by atoms with E-state index >= 15 is 0 Å². The van der Waals surface area contributed by atoms with Gasteiger partial charge in [0.25, 0.3) is 0 Å². The van der Waals surface area contributed by atoms with Crippen LogP contribution in [0.25, 0.3) is 5.69 Å². The molecule has 2 amide bonds. The lowest BCUT2D eigenvalue weighted by atomic mass is 9.78. The maximum absolute atomic E-state index is 13.9. The van der Waals surface area contributed by atoms with Gasteiger partial charge in [-0.3, -0.25) is 14.5 Å². The summed E-state index contributed by atoms with van der Waals surface area (Å²) in [6.07, 6.45) is 7.32. The molecule has 3 fully saturated rings. The van der Waals surface area contributed by atoms with Crippen LogP contribution in [0, 0.1) is 19.8 Å². The predicted molar refractivity (Wildman–Crippen MR) is 165 cm³/mol. The molecule has 232 valence electrons. The number of carbonyl (C=O) groups is 2. The third-order valence-electron chi connectivity index (χ3n) is 9.79. The first kappa shape index (κ1) is 32.3. The zero-order chi connectivity index (χ0) is 29.1. The normalized spacial score (nSPS) is 22.1. The van der Waals surface area contributed by atoms with Gasteiger partial charge in [0.1, 0.15) is 17.3 Å². The number of aromatic nitrogens is 2. The van der Waals surface area contributed by atoms with Gasteiger partial charge in [0.15, 0.2) is 0 Å². The van der Waals surface area contributed by atoms with Gasteiger partial charge in [-0.25, -0.2) is 4.68 Å². The van der Waals surface area contributed by atoms with Crippen molar-refractivity contribution in [2.75, 3.05) is 26.7 Å². The Morgan fingerprint density at radius 2 is 1.76 bits per heavy atom. The lowest BCUT2D eigenvalue weighted by Crippen LogP contribution is -2.75. The topological polar surface area (TPSA) is 99.9 Å². The number of benzene rings is 1. The summed E-state index contributed by atoms with van der Waals surface area (Å²) in [5.74, 6) is 0.697. The zero-order valence-corrected chi connectivity index (χ0v) is 26.4. The second-order valence-corrected chi connectivity index (χ2v) is 12.3. The maximum atomic E-state index is 13.9. The lowest BCUT2D eigenvalue weighted by molar-refractivity contribution is -0.166. The number of aliphatic hydroxyl groups excluding tert-OH is 1. The summed E-state index contributed by atoms with van der Waals surface area (Å²) in [5, 5.41) is 19.0. The van der Waals surface area contributed by atoms with E-state index in [1.807, 2.05) is 40.8 Å². The molecule has 5 rings (SSSR count). The minimum Gasteiger partial charge on any atom is -0.497 e. The highest BCUT2D eigenvalue weighted by atomic mass is 35.5. The van der Waals surface area contributed by atoms with Crippen molar-refractivity contribution in [2.24, 2.45) is 5.92 Å². The highest BCUT2D eigenvalue weighted by Gasteiger charge is 2.55. The molecular formula is C32H48ClN5O4. The standard InChI is InChI=1S/C32H47N5O4.ClH/c1-5-6-18-36-30(39)28(29(38)24-10-8-7-9-11-24)33-31(40)32(36)16-19-35(20-17-32)21-27-22(2)34-37(23(27)3)25-12-14-26(41-4)15-13-25;/h12-15,24,28-29,38H,5-11,16-21H2,1-4H3,(H,33,40);1H/t28-,29-;/m1./s1. The van der Waals surface area contributed by atoms with Crippen LogP contribution in [-0.4, -0.2) is 80.9 Å². The van der Waals surface area contributed by atoms with Gasteiger partial charge in [-0.15, -0.1) is 12.4 Å². The van der Waals surface area contributed by atoms with E-state index in [0.717, 1.165) is 67.9 Å². The van der Waals surface area contributed by atoms with Crippen molar-refractivity contribution in [3.63, 3.8) is 0 Å². The number of hydrogen-bond acceptors (Lipinski definition) is 6. The molecule has 3 aliphatic rings. The van der Waals surface area contributed by atoms with Crippen molar-refractivity contribution < 1.29 is 19.4 Å². The summed E-state index contributed by atoms with van der Waals surface area (Å²) in [4.78, 5) is 31.9. The second kappa shape index (κ2) is 13.8. The summed E-state index contributed by atoms with van der Waals surface area (Å²) >= 11 is 0. The second-order valence-electron chi connectivity index (χ2n) is 12.3. The molecule has 2 aromatic rings. The van der Waals surface area contributed by atoms with Crippen LogP contribution in [-0.2, 0) is 16.1 Å². The van der Waals surface area contributed by atoms with E-state index < -0.39 is 17.7 Å². The molecule has 9 nitrogen and oxygen atoms in total. The van der Waals surface area contributed by atoms with Crippen molar-refractivity contribution in [3.8, 4) is 11.4 Å².